The van der Waals surface area contributed by atoms with Gasteiger partial charge in [0.1, 0.15) is 43.2 Å². The molecule has 2 heterocycles. The van der Waals surface area contributed by atoms with Gasteiger partial charge in [0.15, 0.2) is 24.8 Å². The minimum atomic E-state index is -5.41. The van der Waals surface area contributed by atoms with E-state index < -0.39 is 105 Å². The largest absolute Gasteiger partial charge is 0.471 e. The van der Waals surface area contributed by atoms with Crippen molar-refractivity contribution in [3.05, 3.63) is 108 Å². The van der Waals surface area contributed by atoms with Gasteiger partial charge >= 0.3 is 30.0 Å². The standard InChI is InChI=1S/C42H48F3NO14/c1-25(47)52-23-32-35(57-26(2)48)36(58-27(3)49)33(46-41(50)42(43,44)45)39(59-32)56-24-31-34(53-20-28-14-8-5-9-15-28)37(54-21-29-16-10-6-11-17-29)38(40(51-4)60-31)55-22-30-18-12-7-13-19-30/h5-19,31-40H,20-24H2,1-4H3,(H,46,50)/t31-,32-,33-,34-,35-,36-,37+,38-,39-,40+/m1/s1. The molecule has 3 aromatic carbocycles. The highest BCUT2D eigenvalue weighted by atomic mass is 19.4. The zero-order chi connectivity index (χ0) is 43.2. The number of rotatable bonds is 18. The first-order valence-electron chi connectivity index (χ1n) is 19.0. The molecular formula is C42H48F3NO14. The number of halogens is 3. The van der Waals surface area contributed by atoms with Crippen LogP contribution >= 0.6 is 0 Å². The third-order valence-corrected chi connectivity index (χ3v) is 9.36. The van der Waals surface area contributed by atoms with Crippen molar-refractivity contribution in [3.8, 4) is 0 Å². The van der Waals surface area contributed by atoms with Crippen molar-refractivity contribution >= 4 is 23.8 Å². The Morgan fingerprint density at radius 3 is 1.48 bits per heavy atom. The number of benzene rings is 3. The summed E-state index contributed by atoms with van der Waals surface area (Å²) in [5.74, 6) is -5.17. The van der Waals surface area contributed by atoms with Gasteiger partial charge in [-0.1, -0.05) is 91.0 Å². The van der Waals surface area contributed by atoms with Crippen LogP contribution < -0.4 is 5.32 Å². The monoisotopic (exact) mass is 847 g/mol. The topological polar surface area (TPSA) is 173 Å². The fourth-order valence-corrected chi connectivity index (χ4v) is 6.69. The number of methoxy groups -OCH3 is 1. The highest BCUT2D eigenvalue weighted by Crippen LogP contribution is 2.34. The van der Waals surface area contributed by atoms with Crippen molar-refractivity contribution in [1.29, 1.82) is 0 Å². The minimum absolute atomic E-state index is 0.0485. The molecular weight excluding hydrogens is 799 g/mol. The molecule has 0 aliphatic carbocycles. The molecule has 2 aliphatic heterocycles. The lowest BCUT2D eigenvalue weighted by molar-refractivity contribution is -0.335. The van der Waals surface area contributed by atoms with E-state index in [2.05, 4.69) is 0 Å². The van der Waals surface area contributed by atoms with Crippen LogP contribution in [-0.2, 0) is 86.4 Å². The lowest BCUT2D eigenvalue weighted by Gasteiger charge is -2.47. The summed E-state index contributed by atoms with van der Waals surface area (Å²) in [7, 11) is 1.40. The molecule has 326 valence electrons. The minimum Gasteiger partial charge on any atom is -0.463 e. The van der Waals surface area contributed by atoms with Gasteiger partial charge in [-0.2, -0.15) is 13.2 Å². The van der Waals surface area contributed by atoms with Crippen LogP contribution in [0.4, 0.5) is 13.2 Å². The molecule has 3 aromatic rings. The lowest BCUT2D eigenvalue weighted by atomic mass is 9.95. The molecule has 0 bridgehead atoms. The van der Waals surface area contributed by atoms with E-state index in [0.717, 1.165) is 37.5 Å². The summed E-state index contributed by atoms with van der Waals surface area (Å²) < 4.78 is 101. The second kappa shape index (κ2) is 22.1. The normalized spacial score (nSPS) is 26.7. The number of amides is 1. The number of carbonyl (C=O) groups is 4. The molecule has 0 aromatic heterocycles. The third kappa shape index (κ3) is 13.3. The van der Waals surface area contributed by atoms with Crippen LogP contribution in [0, 0.1) is 0 Å². The molecule has 1 amide bonds. The Balaban J connectivity index is 1.51. The van der Waals surface area contributed by atoms with Crippen molar-refractivity contribution < 1.29 is 79.7 Å². The Kier molecular flexibility index (Phi) is 17.0. The van der Waals surface area contributed by atoms with E-state index in [0.29, 0.717) is 0 Å². The fraction of sp³-hybridized carbons (Fsp3) is 0.476. The third-order valence-electron chi connectivity index (χ3n) is 9.36. The van der Waals surface area contributed by atoms with E-state index in [9.17, 15) is 32.3 Å². The number of alkyl halides is 3. The molecule has 60 heavy (non-hydrogen) atoms. The van der Waals surface area contributed by atoms with Crippen LogP contribution in [0.2, 0.25) is 0 Å². The van der Waals surface area contributed by atoms with Crippen LogP contribution in [0.15, 0.2) is 91.0 Å². The van der Waals surface area contributed by atoms with Gasteiger partial charge in [-0.15, -0.1) is 0 Å². The molecule has 18 heteroatoms. The number of carbonyl (C=O) groups excluding carboxylic acids is 4. The van der Waals surface area contributed by atoms with Gasteiger partial charge in [0, 0.05) is 27.9 Å². The van der Waals surface area contributed by atoms with Gasteiger partial charge < -0.3 is 52.7 Å². The molecule has 0 radical (unpaired) electrons. The summed E-state index contributed by atoms with van der Waals surface area (Å²) in [6, 6.07) is 25.9. The van der Waals surface area contributed by atoms with Crippen LogP contribution in [0.1, 0.15) is 37.5 Å². The molecule has 5 rings (SSSR count). The Labute approximate surface area is 344 Å². The van der Waals surface area contributed by atoms with Gasteiger partial charge in [0.05, 0.1) is 26.4 Å². The van der Waals surface area contributed by atoms with E-state index in [1.165, 1.54) is 7.11 Å². The number of hydrogen-bond acceptors (Lipinski definition) is 14. The second-order valence-corrected chi connectivity index (χ2v) is 13.9. The first-order chi connectivity index (χ1) is 28.7. The highest BCUT2D eigenvalue weighted by molar-refractivity contribution is 5.82. The van der Waals surface area contributed by atoms with Crippen molar-refractivity contribution in [2.24, 2.45) is 0 Å². The molecule has 0 spiro atoms. The van der Waals surface area contributed by atoms with Crippen LogP contribution in [-0.4, -0.2) is 112 Å². The molecule has 0 unspecified atom stereocenters. The molecule has 2 saturated heterocycles. The fourth-order valence-electron chi connectivity index (χ4n) is 6.69. The highest BCUT2D eigenvalue weighted by Gasteiger charge is 2.55. The summed E-state index contributed by atoms with van der Waals surface area (Å²) in [5.41, 5.74) is 2.46. The molecule has 15 nitrogen and oxygen atoms in total. The van der Waals surface area contributed by atoms with Gasteiger partial charge in [0.25, 0.3) is 0 Å². The number of nitrogens with one attached hydrogen (secondary N) is 1. The van der Waals surface area contributed by atoms with Gasteiger partial charge in [0.2, 0.25) is 0 Å². The molecule has 0 saturated carbocycles. The Hall–Kier alpha value is -4.95. The maximum atomic E-state index is 13.8. The SMILES string of the molecule is CO[C@H]1O[C@H](CO[C@@H]2O[C@H](COC(C)=O)[C@@H](OC(C)=O)[C@H](OC(C)=O)[C@H]2NC(=O)C(F)(F)F)[C@@H](OCc2ccccc2)[C@H](OCc2ccccc2)[C@H]1OCc1ccccc1. The predicted octanol–water partition coefficient (Wildman–Crippen LogP) is 4.33. The molecule has 10 atom stereocenters. The van der Waals surface area contributed by atoms with E-state index in [4.69, 9.17) is 47.4 Å². The van der Waals surface area contributed by atoms with E-state index in [1.807, 2.05) is 91.0 Å². The van der Waals surface area contributed by atoms with Crippen LogP contribution in [0.5, 0.6) is 0 Å². The van der Waals surface area contributed by atoms with Crippen molar-refractivity contribution in [2.75, 3.05) is 20.3 Å². The van der Waals surface area contributed by atoms with Gasteiger partial charge in [-0.05, 0) is 16.7 Å². The molecule has 2 aliphatic rings. The van der Waals surface area contributed by atoms with Crippen molar-refractivity contribution in [2.45, 2.75) is 108 Å². The maximum Gasteiger partial charge on any atom is 0.471 e. The summed E-state index contributed by atoms with van der Waals surface area (Å²) >= 11 is 0. The van der Waals surface area contributed by atoms with Crippen LogP contribution in [0.3, 0.4) is 0 Å². The zero-order valence-electron chi connectivity index (χ0n) is 33.3. The van der Waals surface area contributed by atoms with Crippen molar-refractivity contribution in [3.63, 3.8) is 0 Å². The molecule has 1 N–H and O–H groups in total. The van der Waals surface area contributed by atoms with Crippen molar-refractivity contribution in [1.82, 2.24) is 5.32 Å². The number of hydrogen-bond donors (Lipinski definition) is 1. The maximum absolute atomic E-state index is 13.8. The Morgan fingerprint density at radius 2 is 1.02 bits per heavy atom. The number of esters is 3. The summed E-state index contributed by atoms with van der Waals surface area (Å²) in [4.78, 5) is 48.9. The summed E-state index contributed by atoms with van der Waals surface area (Å²) in [6.07, 6.45) is -17.4. The van der Waals surface area contributed by atoms with Gasteiger partial charge in [-0.25, -0.2) is 0 Å². The van der Waals surface area contributed by atoms with E-state index in [1.54, 1.807) is 5.32 Å². The zero-order valence-corrected chi connectivity index (χ0v) is 33.3. The Bertz CT molecular complexity index is 1820. The van der Waals surface area contributed by atoms with E-state index in [-0.39, 0.29) is 19.8 Å². The molecule has 2 fully saturated rings. The quantitative estimate of drug-likeness (QED) is 0.142. The average Bonchev–Trinajstić information content (AvgIpc) is 3.22. The summed E-state index contributed by atoms with van der Waals surface area (Å²) in [6.45, 7) is 2.18. The Morgan fingerprint density at radius 1 is 0.567 bits per heavy atom. The first kappa shape index (κ1) is 46.1. The smallest absolute Gasteiger partial charge is 0.463 e. The van der Waals surface area contributed by atoms with Gasteiger partial charge in [-0.3, -0.25) is 19.2 Å². The number of ether oxygens (including phenoxy) is 10. The second-order valence-electron chi connectivity index (χ2n) is 13.9. The van der Waals surface area contributed by atoms with E-state index >= 15 is 0 Å². The lowest BCUT2D eigenvalue weighted by Crippen LogP contribution is -2.68. The summed E-state index contributed by atoms with van der Waals surface area (Å²) in [5, 5.41) is 1.77. The predicted molar refractivity (Wildman–Crippen MR) is 201 cm³/mol. The first-order valence-corrected chi connectivity index (χ1v) is 19.0. The average molecular weight is 848 g/mol. The van der Waals surface area contributed by atoms with Crippen LogP contribution in [0.25, 0.3) is 0 Å².